The zero-order chi connectivity index (χ0) is 23.8. The number of sulfonamides is 1. The first-order valence-corrected chi connectivity index (χ1v) is 12.7. The Kier molecular flexibility index (Phi) is 8.90. The van der Waals surface area contributed by atoms with E-state index in [1.165, 1.54) is 16.4 Å². The van der Waals surface area contributed by atoms with Crippen molar-refractivity contribution in [2.75, 3.05) is 26.8 Å². The van der Waals surface area contributed by atoms with Gasteiger partial charge in [0, 0.05) is 43.7 Å². The molecule has 0 bridgehead atoms. The van der Waals surface area contributed by atoms with Crippen LogP contribution in [-0.2, 0) is 39.7 Å². The number of amides is 1. The second-order valence-corrected chi connectivity index (χ2v) is 10.4. The number of halogens is 1. The maximum atomic E-state index is 13.4. The van der Waals surface area contributed by atoms with Gasteiger partial charge in [0.2, 0.25) is 15.9 Å². The summed E-state index contributed by atoms with van der Waals surface area (Å²) in [4.78, 5) is 15.2. The fourth-order valence-corrected chi connectivity index (χ4v) is 5.05. The van der Waals surface area contributed by atoms with Crippen LogP contribution in [0.15, 0.2) is 74.8 Å². The van der Waals surface area contributed by atoms with Gasteiger partial charge in [0.05, 0.1) is 30.8 Å². The highest BCUT2D eigenvalue weighted by molar-refractivity contribution is 9.10. The number of hydrogen-bond donors (Lipinski definition) is 0. The molecule has 0 saturated heterocycles. The molecule has 3 rings (SSSR count). The van der Waals surface area contributed by atoms with Gasteiger partial charge < -0.3 is 18.6 Å². The second-order valence-electron chi connectivity index (χ2n) is 7.58. The van der Waals surface area contributed by atoms with E-state index in [4.69, 9.17) is 9.15 Å². The van der Waals surface area contributed by atoms with Gasteiger partial charge in [-0.15, -0.1) is 0 Å². The van der Waals surface area contributed by atoms with E-state index < -0.39 is 10.0 Å². The van der Waals surface area contributed by atoms with Gasteiger partial charge in [0.1, 0.15) is 5.76 Å². The van der Waals surface area contributed by atoms with Crippen molar-refractivity contribution in [2.45, 2.75) is 24.4 Å². The summed E-state index contributed by atoms with van der Waals surface area (Å²) in [5.41, 5.74) is 0.927. The zero-order valence-corrected chi connectivity index (χ0v) is 21.1. The van der Waals surface area contributed by atoms with Crippen LogP contribution in [0.25, 0.3) is 0 Å². The third-order valence-electron chi connectivity index (χ3n) is 5.20. The van der Waals surface area contributed by atoms with E-state index in [0.29, 0.717) is 25.3 Å². The number of aromatic nitrogens is 1. The third kappa shape index (κ3) is 6.80. The Hall–Kier alpha value is -2.40. The van der Waals surface area contributed by atoms with Crippen molar-refractivity contribution in [3.8, 4) is 0 Å². The lowest BCUT2D eigenvalue weighted by atomic mass is 10.3. The van der Waals surface area contributed by atoms with Gasteiger partial charge in [-0.05, 0) is 55.0 Å². The fourth-order valence-electron chi connectivity index (χ4n) is 3.36. The normalized spacial score (nSPS) is 11.8. The largest absolute Gasteiger partial charge is 0.467 e. The lowest BCUT2D eigenvalue weighted by Crippen LogP contribution is -2.43. The summed E-state index contributed by atoms with van der Waals surface area (Å²) in [5, 5.41) is 0. The van der Waals surface area contributed by atoms with Crippen LogP contribution in [-0.4, -0.2) is 54.9 Å². The summed E-state index contributed by atoms with van der Waals surface area (Å²) in [6, 6.07) is 13.8. The van der Waals surface area contributed by atoms with Crippen molar-refractivity contribution in [1.29, 1.82) is 0 Å². The fraction of sp³-hybridized carbons (Fsp3) is 0.348. The molecule has 8 nitrogen and oxygen atoms in total. The molecule has 0 aliphatic carbocycles. The summed E-state index contributed by atoms with van der Waals surface area (Å²) in [7, 11) is -0.416. The molecule has 1 aromatic carbocycles. The number of rotatable bonds is 12. The van der Waals surface area contributed by atoms with Crippen LogP contribution in [0.1, 0.15) is 17.9 Å². The first-order chi connectivity index (χ1) is 15.8. The quantitative estimate of drug-likeness (QED) is 0.329. The topological polar surface area (TPSA) is 85.0 Å². The van der Waals surface area contributed by atoms with Crippen LogP contribution in [0, 0.1) is 0 Å². The van der Waals surface area contributed by atoms with Gasteiger partial charge in [0.15, 0.2) is 0 Å². The number of nitrogens with zero attached hydrogens (tertiary/aromatic N) is 3. The Balaban J connectivity index is 1.85. The molecule has 0 unspecified atom stereocenters. The molecule has 2 heterocycles. The molecule has 0 radical (unpaired) electrons. The van der Waals surface area contributed by atoms with Crippen molar-refractivity contribution >= 4 is 31.9 Å². The summed E-state index contributed by atoms with van der Waals surface area (Å²) >= 11 is 3.33. The van der Waals surface area contributed by atoms with Crippen LogP contribution < -0.4 is 0 Å². The molecule has 0 N–H and O–H groups in total. The Morgan fingerprint density at radius 2 is 1.88 bits per heavy atom. The highest BCUT2D eigenvalue weighted by Gasteiger charge is 2.29. The maximum absolute atomic E-state index is 13.4. The second kappa shape index (κ2) is 11.6. The van der Waals surface area contributed by atoms with E-state index in [9.17, 15) is 13.2 Å². The number of ether oxygens (including phenoxy) is 1. The third-order valence-corrected chi connectivity index (χ3v) is 7.59. The zero-order valence-electron chi connectivity index (χ0n) is 18.7. The van der Waals surface area contributed by atoms with E-state index in [1.54, 1.807) is 42.5 Å². The molecule has 0 saturated carbocycles. The smallest absolute Gasteiger partial charge is 0.243 e. The molecule has 178 valence electrons. The van der Waals surface area contributed by atoms with Crippen LogP contribution in [0.4, 0.5) is 0 Å². The average Bonchev–Trinajstić information content (AvgIpc) is 3.44. The van der Waals surface area contributed by atoms with Gasteiger partial charge in [-0.1, -0.05) is 15.9 Å². The van der Waals surface area contributed by atoms with Crippen LogP contribution >= 0.6 is 15.9 Å². The van der Waals surface area contributed by atoms with Gasteiger partial charge in [-0.2, -0.15) is 4.31 Å². The molecule has 0 aliphatic heterocycles. The Morgan fingerprint density at radius 3 is 2.48 bits per heavy atom. The molecular weight excluding hydrogens is 510 g/mol. The summed E-state index contributed by atoms with van der Waals surface area (Å²) < 4.78 is 41.2. The SMILES string of the molecule is COCCCN(CC(=O)N(Cc1ccco1)Cc1cccn1C)S(=O)(=O)c1ccc(Br)cc1. The van der Waals surface area contributed by atoms with Crippen molar-refractivity contribution in [1.82, 2.24) is 13.8 Å². The lowest BCUT2D eigenvalue weighted by molar-refractivity contribution is -0.133. The molecular formula is C23H28BrN3O5S. The van der Waals surface area contributed by atoms with Gasteiger partial charge in [-0.25, -0.2) is 8.42 Å². The standard InChI is InChI=1S/C23H28BrN3O5S/c1-25-12-3-6-20(25)16-26(17-21-7-4-15-32-21)23(28)18-27(13-5-14-31-2)33(29,30)22-10-8-19(24)9-11-22/h3-4,6-12,15H,5,13-14,16-18H2,1-2H3. The van der Waals surface area contributed by atoms with E-state index in [-0.39, 0.29) is 30.4 Å². The van der Waals surface area contributed by atoms with Crippen molar-refractivity contribution in [3.05, 3.63) is 76.9 Å². The van der Waals surface area contributed by atoms with Gasteiger partial charge >= 0.3 is 0 Å². The number of carbonyl (C=O) groups excluding carboxylic acids is 1. The Morgan fingerprint density at radius 1 is 1.12 bits per heavy atom. The van der Waals surface area contributed by atoms with Crippen LogP contribution in [0.3, 0.4) is 0 Å². The number of methoxy groups -OCH3 is 1. The summed E-state index contributed by atoms with van der Waals surface area (Å²) in [6.07, 6.45) is 3.92. The molecule has 0 aliphatic rings. The predicted octanol–water partition coefficient (Wildman–Crippen LogP) is 3.64. The molecule has 0 atom stereocenters. The van der Waals surface area contributed by atoms with Crippen molar-refractivity contribution in [3.63, 3.8) is 0 Å². The number of aryl methyl sites for hydroxylation is 1. The molecule has 0 fully saturated rings. The minimum Gasteiger partial charge on any atom is -0.467 e. The molecule has 0 spiro atoms. The Labute approximate surface area is 202 Å². The lowest BCUT2D eigenvalue weighted by Gasteiger charge is -2.27. The Bertz CT molecular complexity index is 1130. The number of carbonyl (C=O) groups is 1. The highest BCUT2D eigenvalue weighted by atomic mass is 79.9. The number of hydrogen-bond acceptors (Lipinski definition) is 5. The van der Waals surface area contributed by atoms with E-state index in [0.717, 1.165) is 10.2 Å². The molecule has 33 heavy (non-hydrogen) atoms. The van der Waals surface area contributed by atoms with Gasteiger partial charge in [0.25, 0.3) is 0 Å². The van der Waals surface area contributed by atoms with Crippen molar-refractivity contribution < 1.29 is 22.4 Å². The molecule has 10 heteroatoms. The van der Waals surface area contributed by atoms with E-state index in [1.807, 2.05) is 29.9 Å². The van der Waals surface area contributed by atoms with Crippen LogP contribution in [0.2, 0.25) is 0 Å². The maximum Gasteiger partial charge on any atom is 0.243 e. The monoisotopic (exact) mass is 537 g/mol. The molecule has 1 amide bonds. The average molecular weight is 538 g/mol. The first kappa shape index (κ1) is 25.2. The van der Waals surface area contributed by atoms with E-state index >= 15 is 0 Å². The van der Waals surface area contributed by atoms with Crippen LogP contribution in [0.5, 0.6) is 0 Å². The van der Waals surface area contributed by atoms with E-state index in [2.05, 4.69) is 15.9 Å². The minimum absolute atomic E-state index is 0.135. The highest BCUT2D eigenvalue weighted by Crippen LogP contribution is 2.20. The minimum atomic E-state index is -3.88. The number of benzene rings is 1. The first-order valence-electron chi connectivity index (χ1n) is 10.5. The molecule has 3 aromatic rings. The van der Waals surface area contributed by atoms with Gasteiger partial charge in [-0.3, -0.25) is 4.79 Å². The molecule has 2 aromatic heterocycles. The summed E-state index contributed by atoms with van der Waals surface area (Å²) in [6.45, 7) is 0.832. The van der Waals surface area contributed by atoms with Crippen molar-refractivity contribution in [2.24, 2.45) is 7.05 Å². The summed E-state index contributed by atoms with van der Waals surface area (Å²) in [5.74, 6) is 0.310. The predicted molar refractivity (Wildman–Crippen MR) is 128 cm³/mol. The number of furan rings is 1.